The number of nitrogens with one attached hydrogen (secondary N) is 2. The Morgan fingerprint density at radius 3 is 2.54 bits per heavy atom. The molecule has 0 spiro atoms. The number of aliphatic carboxylic acids is 1. The quantitative estimate of drug-likeness (QED) is 0.571. The maximum Gasteiger partial charge on any atom is 0.322 e. The van der Waals surface area contributed by atoms with Gasteiger partial charge in [-0.25, -0.2) is 18.3 Å². The second-order valence-electron chi connectivity index (χ2n) is 5.64. The van der Waals surface area contributed by atoms with Crippen molar-refractivity contribution in [3.05, 3.63) is 65.1 Å². The first-order valence-corrected chi connectivity index (χ1v) is 7.92. The molecule has 28 heavy (non-hydrogen) atoms. The van der Waals surface area contributed by atoms with Gasteiger partial charge in [-0.2, -0.15) is 5.10 Å². The highest BCUT2D eigenvalue weighted by atomic mass is 19.2. The molecule has 144 valence electrons. The van der Waals surface area contributed by atoms with Crippen LogP contribution in [0.15, 0.2) is 36.5 Å². The first kappa shape index (κ1) is 18.9. The molecule has 0 atom stereocenters. The Morgan fingerprint density at radius 2 is 1.82 bits per heavy atom. The third-order valence-electron chi connectivity index (χ3n) is 3.66. The summed E-state index contributed by atoms with van der Waals surface area (Å²) in [4.78, 5) is 39.3. The molecule has 3 N–H and O–H groups in total. The molecule has 0 saturated heterocycles. The molecule has 0 aliphatic carbocycles. The van der Waals surface area contributed by atoms with Crippen molar-refractivity contribution in [3.63, 3.8) is 0 Å². The minimum atomic E-state index is -1.23. The van der Waals surface area contributed by atoms with Gasteiger partial charge in [0.25, 0.3) is 11.8 Å². The number of fused-ring (bicyclic) bond motifs is 1. The van der Waals surface area contributed by atoms with Crippen LogP contribution in [0.5, 0.6) is 0 Å². The maximum atomic E-state index is 13.2. The summed E-state index contributed by atoms with van der Waals surface area (Å²) >= 11 is 0. The molecule has 3 aromatic rings. The topological polar surface area (TPSA) is 126 Å². The molecular formula is C17H13F2N5O4. The molecule has 2 amide bonds. The zero-order chi connectivity index (χ0) is 20.3. The first-order valence-electron chi connectivity index (χ1n) is 7.92. The average Bonchev–Trinajstić information content (AvgIpc) is 3.14. The molecule has 3 rings (SSSR count). The summed E-state index contributed by atoms with van der Waals surface area (Å²) in [5.41, 5.74) is 0.309. The third kappa shape index (κ3) is 4.09. The fraction of sp³-hybridized carbons (Fsp3) is 0.118. The van der Waals surface area contributed by atoms with Gasteiger partial charge in [-0.3, -0.25) is 14.4 Å². The molecule has 0 radical (unpaired) electrons. The number of amides is 2. The highest BCUT2D eigenvalue weighted by Crippen LogP contribution is 2.10. The van der Waals surface area contributed by atoms with Gasteiger partial charge in [-0.15, -0.1) is 0 Å². The number of halogens is 2. The van der Waals surface area contributed by atoms with E-state index >= 15 is 0 Å². The summed E-state index contributed by atoms with van der Waals surface area (Å²) in [5, 5.41) is 17.3. The van der Waals surface area contributed by atoms with E-state index in [1.165, 1.54) is 18.3 Å². The van der Waals surface area contributed by atoms with Gasteiger partial charge in [0.1, 0.15) is 17.9 Å². The molecular weight excluding hydrogens is 376 g/mol. The van der Waals surface area contributed by atoms with Crippen molar-refractivity contribution in [1.82, 2.24) is 25.2 Å². The number of benzene rings is 1. The standard InChI is InChI=1S/C17H13F2N5O4/c18-10-2-1-9(5-11(10)19)7-20-16(27)12-6-13(17(28)21-8-15(25)26)24-14(23-12)3-4-22-24/h1-6H,7-8H2,(H,20,27)(H,21,28)(H,25,26). The highest BCUT2D eigenvalue weighted by Gasteiger charge is 2.18. The van der Waals surface area contributed by atoms with E-state index in [-0.39, 0.29) is 23.6 Å². The van der Waals surface area contributed by atoms with E-state index in [0.29, 0.717) is 5.56 Å². The van der Waals surface area contributed by atoms with Gasteiger partial charge in [0.05, 0.1) is 6.20 Å². The summed E-state index contributed by atoms with van der Waals surface area (Å²) in [6.45, 7) is -0.704. The first-order chi connectivity index (χ1) is 13.3. The molecule has 0 aliphatic rings. The lowest BCUT2D eigenvalue weighted by molar-refractivity contribution is -0.135. The van der Waals surface area contributed by atoms with Crippen LogP contribution in [-0.2, 0) is 11.3 Å². The van der Waals surface area contributed by atoms with Gasteiger partial charge in [0, 0.05) is 18.7 Å². The largest absolute Gasteiger partial charge is 0.480 e. The third-order valence-corrected chi connectivity index (χ3v) is 3.66. The van der Waals surface area contributed by atoms with E-state index in [0.717, 1.165) is 22.7 Å². The van der Waals surface area contributed by atoms with E-state index in [1.807, 2.05) is 0 Å². The van der Waals surface area contributed by atoms with E-state index < -0.39 is 36.0 Å². The summed E-state index contributed by atoms with van der Waals surface area (Å²) < 4.78 is 27.4. The van der Waals surface area contributed by atoms with Crippen LogP contribution >= 0.6 is 0 Å². The van der Waals surface area contributed by atoms with E-state index in [1.54, 1.807) is 0 Å². The van der Waals surface area contributed by atoms with Crippen molar-refractivity contribution in [2.45, 2.75) is 6.54 Å². The van der Waals surface area contributed by atoms with E-state index in [9.17, 15) is 23.2 Å². The van der Waals surface area contributed by atoms with Crippen molar-refractivity contribution >= 4 is 23.4 Å². The normalized spacial score (nSPS) is 10.6. The predicted octanol–water partition coefficient (Wildman–Crippen LogP) is 0.752. The summed E-state index contributed by atoms with van der Waals surface area (Å²) in [6.07, 6.45) is 1.36. The van der Waals surface area contributed by atoms with Crippen molar-refractivity contribution in [1.29, 1.82) is 0 Å². The van der Waals surface area contributed by atoms with Gasteiger partial charge in [0.15, 0.2) is 17.3 Å². The molecule has 0 aliphatic heterocycles. The van der Waals surface area contributed by atoms with Crippen LogP contribution in [-0.4, -0.2) is 44.0 Å². The van der Waals surface area contributed by atoms with Crippen molar-refractivity contribution in [2.75, 3.05) is 6.54 Å². The monoisotopic (exact) mass is 389 g/mol. The van der Waals surface area contributed by atoms with Gasteiger partial charge in [-0.05, 0) is 17.7 Å². The molecule has 0 unspecified atom stereocenters. The fourth-order valence-corrected chi connectivity index (χ4v) is 2.36. The van der Waals surface area contributed by atoms with E-state index in [2.05, 4.69) is 20.7 Å². The predicted molar refractivity (Wildman–Crippen MR) is 90.5 cm³/mol. The maximum absolute atomic E-state index is 13.2. The number of carboxylic acid groups (broad SMARTS) is 1. The molecule has 0 saturated carbocycles. The molecule has 1 aromatic carbocycles. The zero-order valence-corrected chi connectivity index (χ0v) is 14.1. The Kier molecular flexibility index (Phi) is 5.25. The van der Waals surface area contributed by atoms with Crippen LogP contribution in [0.1, 0.15) is 26.5 Å². The fourth-order valence-electron chi connectivity index (χ4n) is 2.36. The summed E-state index contributed by atoms with van der Waals surface area (Å²) in [6, 6.07) is 5.82. The lowest BCUT2D eigenvalue weighted by Gasteiger charge is -2.09. The molecule has 0 bridgehead atoms. The smallest absolute Gasteiger partial charge is 0.322 e. The lowest BCUT2D eigenvalue weighted by Crippen LogP contribution is -2.32. The van der Waals surface area contributed by atoms with Crippen molar-refractivity contribution in [2.24, 2.45) is 0 Å². The van der Waals surface area contributed by atoms with Crippen molar-refractivity contribution < 1.29 is 28.3 Å². The molecule has 0 fully saturated rings. The molecule has 11 heteroatoms. The Hall–Kier alpha value is -3.89. The number of hydrogen-bond acceptors (Lipinski definition) is 5. The lowest BCUT2D eigenvalue weighted by atomic mass is 10.2. The number of carboxylic acids is 1. The highest BCUT2D eigenvalue weighted by molar-refractivity contribution is 5.99. The molecule has 2 aromatic heterocycles. The Labute approximate surface area is 156 Å². The minimum Gasteiger partial charge on any atom is -0.480 e. The van der Waals surface area contributed by atoms with Crippen LogP contribution in [0.2, 0.25) is 0 Å². The van der Waals surface area contributed by atoms with Crippen LogP contribution in [0.4, 0.5) is 8.78 Å². The summed E-state index contributed by atoms with van der Waals surface area (Å²) in [7, 11) is 0. The van der Waals surface area contributed by atoms with Crippen LogP contribution < -0.4 is 10.6 Å². The number of aromatic nitrogens is 3. The van der Waals surface area contributed by atoms with Gasteiger partial charge < -0.3 is 15.7 Å². The average molecular weight is 389 g/mol. The second kappa shape index (κ2) is 7.78. The SMILES string of the molecule is O=C(O)CNC(=O)c1cc(C(=O)NCc2ccc(F)c(F)c2)nc2ccnn12. The minimum absolute atomic E-state index is 0.0887. The van der Waals surface area contributed by atoms with Crippen molar-refractivity contribution in [3.8, 4) is 0 Å². The zero-order valence-electron chi connectivity index (χ0n) is 14.1. The number of carbonyl (C=O) groups is 3. The number of nitrogens with zero attached hydrogens (tertiary/aromatic N) is 3. The van der Waals surface area contributed by atoms with Gasteiger partial charge in [-0.1, -0.05) is 6.07 Å². The van der Waals surface area contributed by atoms with E-state index in [4.69, 9.17) is 5.11 Å². The number of hydrogen-bond donors (Lipinski definition) is 3. The Morgan fingerprint density at radius 1 is 1.04 bits per heavy atom. The second-order valence-corrected chi connectivity index (χ2v) is 5.64. The Balaban J connectivity index is 1.81. The molecule has 9 nitrogen and oxygen atoms in total. The van der Waals surface area contributed by atoms with Gasteiger partial charge in [0.2, 0.25) is 0 Å². The molecule has 2 heterocycles. The number of carbonyl (C=O) groups excluding carboxylic acids is 2. The summed E-state index contributed by atoms with van der Waals surface area (Å²) in [5.74, 6) is -4.69. The van der Waals surface area contributed by atoms with Gasteiger partial charge >= 0.3 is 5.97 Å². The van der Waals surface area contributed by atoms with Crippen LogP contribution in [0.25, 0.3) is 5.65 Å². The van der Waals surface area contributed by atoms with Crippen LogP contribution in [0.3, 0.4) is 0 Å². The van der Waals surface area contributed by atoms with Crippen LogP contribution in [0, 0.1) is 11.6 Å². The number of rotatable bonds is 6. The Bertz CT molecular complexity index is 1080.